The van der Waals surface area contributed by atoms with Gasteiger partial charge < -0.3 is 10.2 Å². The lowest BCUT2D eigenvalue weighted by atomic mass is 10.2. The number of aryl methyl sites for hydroxylation is 1. The van der Waals surface area contributed by atoms with Crippen molar-refractivity contribution >= 4 is 15.9 Å². The van der Waals surface area contributed by atoms with Crippen molar-refractivity contribution in [1.29, 1.82) is 0 Å². The molecule has 124 valence electrons. The molecule has 0 aromatic heterocycles. The first kappa shape index (κ1) is 16.7. The van der Waals surface area contributed by atoms with E-state index in [4.69, 9.17) is 0 Å². The Labute approximate surface area is 133 Å². The minimum Gasteiger partial charge on any atom is -0.364 e. The van der Waals surface area contributed by atoms with Crippen LogP contribution in [0, 0.1) is 17.0 Å². The molecule has 0 radical (unpaired) electrons. The van der Waals surface area contributed by atoms with Gasteiger partial charge in [0.15, 0.2) is 5.82 Å². The number of rotatable bonds is 4. The van der Waals surface area contributed by atoms with E-state index >= 15 is 0 Å². The van der Waals surface area contributed by atoms with E-state index in [1.54, 1.807) is 30.8 Å². The SMILES string of the molecule is Cc1ccc(S(=O)(=O)NC(=O)/C(=C2\NCCN2C)[N+](=O)[O-])cc1. The Morgan fingerprint density at radius 1 is 1.35 bits per heavy atom. The lowest BCUT2D eigenvalue weighted by Crippen LogP contribution is -2.36. The number of amides is 1. The fraction of sp³-hybridized carbons (Fsp3) is 0.308. The van der Waals surface area contributed by atoms with Gasteiger partial charge in [-0.2, -0.15) is 0 Å². The number of likely N-dealkylation sites (N-methyl/N-ethyl adjacent to an activating group) is 1. The zero-order valence-corrected chi connectivity index (χ0v) is 13.4. The molecule has 1 aliphatic rings. The minimum atomic E-state index is -4.19. The van der Waals surface area contributed by atoms with Crippen LogP contribution in [0.1, 0.15) is 5.56 Å². The zero-order valence-electron chi connectivity index (χ0n) is 12.6. The van der Waals surface area contributed by atoms with Crippen LogP contribution >= 0.6 is 0 Å². The maximum Gasteiger partial charge on any atom is 0.374 e. The molecule has 2 N–H and O–H groups in total. The molecule has 23 heavy (non-hydrogen) atoms. The van der Waals surface area contributed by atoms with Crippen molar-refractivity contribution in [3.8, 4) is 0 Å². The first-order valence-corrected chi connectivity index (χ1v) is 8.18. The molecule has 9 nitrogen and oxygen atoms in total. The topological polar surface area (TPSA) is 122 Å². The highest BCUT2D eigenvalue weighted by Gasteiger charge is 2.35. The average Bonchev–Trinajstić information content (AvgIpc) is 2.84. The smallest absolute Gasteiger partial charge is 0.364 e. The molecule has 0 unspecified atom stereocenters. The summed E-state index contributed by atoms with van der Waals surface area (Å²) in [5.74, 6) is -1.29. The summed E-state index contributed by atoms with van der Waals surface area (Å²) in [6.07, 6.45) is 0. The summed E-state index contributed by atoms with van der Waals surface area (Å²) in [5.41, 5.74) is 0.0147. The summed E-state index contributed by atoms with van der Waals surface area (Å²) in [6, 6.07) is 5.78. The Bertz CT molecular complexity index is 770. The zero-order chi connectivity index (χ0) is 17.2. The molecule has 1 aromatic carbocycles. The summed E-state index contributed by atoms with van der Waals surface area (Å²) < 4.78 is 26.1. The first-order valence-electron chi connectivity index (χ1n) is 6.70. The molecule has 0 atom stereocenters. The van der Waals surface area contributed by atoms with Crippen molar-refractivity contribution in [2.75, 3.05) is 20.1 Å². The van der Waals surface area contributed by atoms with Crippen LogP contribution in [0.15, 0.2) is 40.7 Å². The van der Waals surface area contributed by atoms with Gasteiger partial charge in [-0.1, -0.05) is 17.7 Å². The summed E-state index contributed by atoms with van der Waals surface area (Å²) in [6.45, 7) is 2.69. The maximum atomic E-state index is 12.2. The molecule has 1 saturated heterocycles. The quantitative estimate of drug-likeness (QED) is 0.441. The monoisotopic (exact) mass is 340 g/mol. The second-order valence-electron chi connectivity index (χ2n) is 5.05. The van der Waals surface area contributed by atoms with Gasteiger partial charge in [-0.25, -0.2) is 13.1 Å². The molecule has 0 aliphatic carbocycles. The number of carbonyl (C=O) groups is 1. The molecule has 0 spiro atoms. The van der Waals surface area contributed by atoms with Gasteiger partial charge in [0.2, 0.25) is 0 Å². The van der Waals surface area contributed by atoms with Gasteiger partial charge in [0.1, 0.15) is 0 Å². The number of carbonyl (C=O) groups excluding carboxylic acids is 1. The fourth-order valence-corrected chi connectivity index (χ4v) is 3.03. The predicted molar refractivity (Wildman–Crippen MR) is 81.2 cm³/mol. The van der Waals surface area contributed by atoms with E-state index in [0.717, 1.165) is 5.56 Å². The molecule has 10 heteroatoms. The normalized spacial score (nSPS) is 16.7. The summed E-state index contributed by atoms with van der Waals surface area (Å²) in [5, 5.41) is 13.9. The lowest BCUT2D eigenvalue weighted by Gasteiger charge is -2.12. The molecule has 2 rings (SSSR count). The summed E-state index contributed by atoms with van der Waals surface area (Å²) in [7, 11) is -2.62. The van der Waals surface area contributed by atoms with Gasteiger partial charge in [-0.15, -0.1) is 0 Å². The summed E-state index contributed by atoms with van der Waals surface area (Å²) in [4.78, 5) is 23.7. The number of hydrogen-bond acceptors (Lipinski definition) is 7. The lowest BCUT2D eigenvalue weighted by molar-refractivity contribution is -0.421. The van der Waals surface area contributed by atoms with E-state index in [2.05, 4.69) is 5.32 Å². The van der Waals surface area contributed by atoms with Crippen LogP contribution in [0.2, 0.25) is 0 Å². The molecule has 0 saturated carbocycles. The van der Waals surface area contributed by atoms with Crippen molar-refractivity contribution < 1.29 is 18.1 Å². The molecule has 0 bridgehead atoms. The third kappa shape index (κ3) is 3.59. The van der Waals surface area contributed by atoms with Crippen LogP contribution in [0.5, 0.6) is 0 Å². The molecule has 1 aromatic rings. The van der Waals surface area contributed by atoms with Gasteiger partial charge in [-0.3, -0.25) is 14.9 Å². The van der Waals surface area contributed by atoms with E-state index in [9.17, 15) is 23.3 Å². The van der Waals surface area contributed by atoms with Crippen LogP contribution in [-0.2, 0) is 14.8 Å². The first-order chi connectivity index (χ1) is 10.7. The van der Waals surface area contributed by atoms with Gasteiger partial charge in [-0.05, 0) is 19.1 Å². The highest BCUT2D eigenvalue weighted by atomic mass is 32.2. The van der Waals surface area contributed by atoms with Crippen LogP contribution in [-0.4, -0.2) is 44.3 Å². The second kappa shape index (κ2) is 6.24. The number of nitro groups is 1. The Kier molecular flexibility index (Phi) is 4.55. The van der Waals surface area contributed by atoms with Gasteiger partial charge in [0, 0.05) is 20.1 Å². The highest BCUT2D eigenvalue weighted by molar-refractivity contribution is 7.90. The Morgan fingerprint density at radius 2 is 1.96 bits per heavy atom. The number of nitrogens with zero attached hydrogens (tertiary/aromatic N) is 2. The largest absolute Gasteiger partial charge is 0.374 e. The predicted octanol–water partition coefficient (Wildman–Crippen LogP) is -0.219. The van der Waals surface area contributed by atoms with E-state index in [1.165, 1.54) is 17.0 Å². The van der Waals surface area contributed by atoms with Crippen molar-refractivity contribution in [2.45, 2.75) is 11.8 Å². The maximum absolute atomic E-state index is 12.2. The van der Waals surface area contributed by atoms with Gasteiger partial charge in [0.05, 0.1) is 9.82 Å². The fourth-order valence-electron chi connectivity index (χ4n) is 2.08. The summed E-state index contributed by atoms with van der Waals surface area (Å²) >= 11 is 0. The Balaban J connectivity index is 2.32. The number of nitrogens with one attached hydrogen (secondary N) is 2. The highest BCUT2D eigenvalue weighted by Crippen LogP contribution is 2.14. The third-order valence-electron chi connectivity index (χ3n) is 3.30. The van der Waals surface area contributed by atoms with E-state index < -0.39 is 26.6 Å². The van der Waals surface area contributed by atoms with Gasteiger partial charge in [0.25, 0.3) is 10.0 Å². The Hall–Kier alpha value is -2.62. The standard InChI is InChI=1S/C13H16N4O5S/c1-9-3-5-10(6-4-9)23(21,22)15-13(18)11(17(19)20)12-14-7-8-16(12)2/h3-6,14H,7-8H2,1-2H3,(H,15,18)/b12-11-. The third-order valence-corrected chi connectivity index (χ3v) is 4.65. The van der Waals surface area contributed by atoms with E-state index in [1.807, 2.05) is 0 Å². The van der Waals surface area contributed by atoms with E-state index in [0.29, 0.717) is 13.1 Å². The number of sulfonamides is 1. The molecular weight excluding hydrogens is 324 g/mol. The van der Waals surface area contributed by atoms with Crippen molar-refractivity contribution in [1.82, 2.24) is 14.9 Å². The van der Waals surface area contributed by atoms with Crippen molar-refractivity contribution in [2.24, 2.45) is 0 Å². The number of benzene rings is 1. The van der Waals surface area contributed by atoms with Crippen molar-refractivity contribution in [3.05, 3.63) is 51.5 Å². The van der Waals surface area contributed by atoms with E-state index in [-0.39, 0.29) is 10.7 Å². The van der Waals surface area contributed by atoms with Gasteiger partial charge >= 0.3 is 11.6 Å². The minimum absolute atomic E-state index is 0.00777. The average molecular weight is 340 g/mol. The van der Waals surface area contributed by atoms with Crippen LogP contribution in [0.4, 0.5) is 0 Å². The van der Waals surface area contributed by atoms with Crippen LogP contribution in [0.3, 0.4) is 0 Å². The molecular formula is C13H16N4O5S. The molecule has 1 amide bonds. The Morgan fingerprint density at radius 3 is 2.43 bits per heavy atom. The molecule has 1 heterocycles. The molecule has 1 fully saturated rings. The van der Waals surface area contributed by atoms with Crippen LogP contribution < -0.4 is 10.0 Å². The second-order valence-corrected chi connectivity index (χ2v) is 6.73. The number of hydrogen-bond donors (Lipinski definition) is 2. The molecule has 1 aliphatic heterocycles. The van der Waals surface area contributed by atoms with Crippen LogP contribution in [0.25, 0.3) is 0 Å². The van der Waals surface area contributed by atoms with Crippen molar-refractivity contribution in [3.63, 3.8) is 0 Å².